The highest BCUT2D eigenvalue weighted by Gasteiger charge is 2.71. The van der Waals surface area contributed by atoms with Gasteiger partial charge < -0.3 is 134 Å². The molecule has 5 aliphatic carbocycles. The highest BCUT2D eigenvalue weighted by Crippen LogP contribution is 2.75. The maximum absolute atomic E-state index is 15.8. The largest absolute Gasteiger partial charge is 0.394 e. The summed E-state index contributed by atoms with van der Waals surface area (Å²) in [6.45, 7) is 11.8. The summed E-state index contributed by atoms with van der Waals surface area (Å²) in [6.07, 6.45) is -34.6. The quantitative estimate of drug-likeness (QED) is 0.0511. The molecule has 33 atom stereocenters. The first-order valence-corrected chi connectivity index (χ1v) is 31.3. The Kier molecular flexibility index (Phi) is 20.3. The Morgan fingerprint density at radius 2 is 0.932 bits per heavy atom. The Morgan fingerprint density at radius 3 is 1.45 bits per heavy atom. The van der Waals surface area contributed by atoms with Gasteiger partial charge in [-0.15, -0.1) is 0 Å². The summed E-state index contributed by atoms with van der Waals surface area (Å²) in [5, 5.41) is 181. The van der Waals surface area contributed by atoms with E-state index in [1.54, 1.807) is 0 Å². The first kappa shape index (κ1) is 69.2. The molecule has 9 fully saturated rings. The molecule has 0 radical (unpaired) electrons. The molecule has 5 aliphatic heterocycles. The van der Waals surface area contributed by atoms with Crippen LogP contribution in [0.4, 0.5) is 0 Å². The van der Waals surface area contributed by atoms with Crippen molar-refractivity contribution in [3.05, 3.63) is 11.6 Å². The summed E-state index contributed by atoms with van der Waals surface area (Å²) in [4.78, 5) is 15.8. The fourth-order valence-corrected chi connectivity index (χ4v) is 17.7. The SMILES string of the molecule is CC1(C)CC[C@]2(CO[C@@H]3O[C@H](CO[C@@H]4O[C@H](CO)[C@@H](O)[C@H](O)[C@H]4O)[C@@H](O)[C@H](O)[C@H]3O[C@H]3O[C@H](CO)[C@@H](O)[C@H](O)[C@H]3O)C(=O)C[C@]3(C)C(=CCC4[C@@]5(C)CC[C@H](OC6O[C@H](CO[C@@H]7O[C@H](CO)[C@@H](O)[C@H](O)[C@H]7O)[C@@H](O)[C@H](O)[C@H]6O)C(C)(C)C5CC[C@]43C)C2C1. The van der Waals surface area contributed by atoms with Gasteiger partial charge in [0, 0.05) is 11.8 Å². The van der Waals surface area contributed by atoms with Crippen molar-refractivity contribution in [2.45, 2.75) is 266 Å². The van der Waals surface area contributed by atoms with Gasteiger partial charge in [-0.2, -0.15) is 0 Å². The third-order valence-electron chi connectivity index (χ3n) is 23.4. The van der Waals surface area contributed by atoms with Crippen LogP contribution in [0.15, 0.2) is 11.6 Å². The molecule has 0 bridgehead atoms. The number of fused-ring (bicyclic) bond motifs is 7. The van der Waals surface area contributed by atoms with Crippen LogP contribution in [-0.2, 0) is 52.2 Å². The first-order chi connectivity index (χ1) is 41.2. The lowest BCUT2D eigenvalue weighted by Crippen LogP contribution is -2.67. The van der Waals surface area contributed by atoms with Crippen molar-refractivity contribution in [3.63, 3.8) is 0 Å². The van der Waals surface area contributed by atoms with E-state index in [1.807, 2.05) is 0 Å². The van der Waals surface area contributed by atoms with Gasteiger partial charge in [0.25, 0.3) is 0 Å². The zero-order valence-corrected chi connectivity index (χ0v) is 51.0. The lowest BCUT2D eigenvalue weighted by atomic mass is 9.33. The molecule has 5 saturated heterocycles. The molecule has 0 spiro atoms. The smallest absolute Gasteiger partial charge is 0.187 e. The van der Waals surface area contributed by atoms with E-state index in [9.17, 15) is 86.8 Å². The van der Waals surface area contributed by atoms with Crippen molar-refractivity contribution in [1.82, 2.24) is 0 Å². The molecule has 0 aromatic rings. The molecule has 0 aromatic heterocycles. The van der Waals surface area contributed by atoms with E-state index in [0.717, 1.165) is 18.4 Å². The predicted octanol–water partition coefficient (Wildman–Crippen LogP) is -4.56. The van der Waals surface area contributed by atoms with Crippen molar-refractivity contribution in [2.24, 2.45) is 50.2 Å². The van der Waals surface area contributed by atoms with Crippen LogP contribution in [-0.4, -0.2) is 292 Å². The van der Waals surface area contributed by atoms with Crippen LogP contribution in [0, 0.1) is 50.2 Å². The number of Topliss-reactive ketones (excluding diaryl/α,β-unsaturated/α-hetero) is 1. The number of carbonyl (C=O) groups is 1. The van der Waals surface area contributed by atoms with Gasteiger partial charge in [0.2, 0.25) is 0 Å². The molecule has 5 heterocycles. The molecule has 0 amide bonds. The lowest BCUT2D eigenvalue weighted by molar-refractivity contribution is -0.374. The highest BCUT2D eigenvalue weighted by atomic mass is 16.8. The van der Waals surface area contributed by atoms with Crippen LogP contribution >= 0.6 is 0 Å². The van der Waals surface area contributed by atoms with E-state index in [-0.39, 0.29) is 47.4 Å². The number of hydrogen-bond donors (Lipinski definition) is 17. The van der Waals surface area contributed by atoms with E-state index in [0.29, 0.717) is 38.5 Å². The van der Waals surface area contributed by atoms with Crippen molar-refractivity contribution in [3.8, 4) is 0 Å². The maximum Gasteiger partial charge on any atom is 0.187 e. The second-order valence-electron chi connectivity index (χ2n) is 29.2. The van der Waals surface area contributed by atoms with Gasteiger partial charge in [-0.25, -0.2) is 0 Å². The third-order valence-corrected chi connectivity index (χ3v) is 23.4. The van der Waals surface area contributed by atoms with E-state index in [1.165, 1.54) is 0 Å². The second-order valence-corrected chi connectivity index (χ2v) is 29.2. The van der Waals surface area contributed by atoms with Crippen LogP contribution in [0.2, 0.25) is 0 Å². The van der Waals surface area contributed by atoms with Crippen LogP contribution in [0.5, 0.6) is 0 Å². The summed E-state index contributed by atoms with van der Waals surface area (Å²) in [6, 6.07) is 0. The first-order valence-electron chi connectivity index (χ1n) is 31.3. The second kappa shape index (κ2) is 25.8. The van der Waals surface area contributed by atoms with Crippen LogP contribution in [0.1, 0.15) is 106 Å². The van der Waals surface area contributed by atoms with E-state index < -0.39 is 214 Å². The van der Waals surface area contributed by atoms with Crippen molar-refractivity contribution in [2.75, 3.05) is 39.6 Å². The van der Waals surface area contributed by atoms with Crippen molar-refractivity contribution >= 4 is 5.78 Å². The van der Waals surface area contributed by atoms with Gasteiger partial charge >= 0.3 is 0 Å². The normalized spacial score (nSPS) is 53.7. The Bertz CT molecular complexity index is 2430. The molecule has 10 aliphatic rings. The average molecular weight is 1270 g/mol. The predicted molar refractivity (Wildman–Crippen MR) is 296 cm³/mol. The average Bonchev–Trinajstić information content (AvgIpc) is 0.696. The minimum Gasteiger partial charge on any atom is -0.394 e. The minimum atomic E-state index is -1.94. The fraction of sp³-hybridized carbons (Fsp3) is 0.950. The molecule has 0 aromatic carbocycles. The van der Waals surface area contributed by atoms with Gasteiger partial charge in [0.05, 0.1) is 51.2 Å². The molecule has 28 nitrogen and oxygen atoms in total. The number of aliphatic hydroxyl groups is 17. The zero-order valence-electron chi connectivity index (χ0n) is 51.0. The Hall–Kier alpha value is -1.67. The summed E-state index contributed by atoms with van der Waals surface area (Å²) in [7, 11) is 0. The Morgan fingerprint density at radius 1 is 0.477 bits per heavy atom. The van der Waals surface area contributed by atoms with Gasteiger partial charge in [0.1, 0.15) is 128 Å². The molecule has 88 heavy (non-hydrogen) atoms. The van der Waals surface area contributed by atoms with Gasteiger partial charge in [0.15, 0.2) is 31.5 Å². The number of rotatable bonds is 16. The molecule has 28 heteroatoms. The van der Waals surface area contributed by atoms with E-state index in [4.69, 9.17) is 47.4 Å². The summed E-state index contributed by atoms with van der Waals surface area (Å²) in [5.74, 6) is -0.279. The number of ether oxygens (including phenoxy) is 10. The zero-order chi connectivity index (χ0) is 64.3. The van der Waals surface area contributed by atoms with Gasteiger partial charge in [-0.3, -0.25) is 4.79 Å². The third kappa shape index (κ3) is 11.7. The van der Waals surface area contributed by atoms with Crippen molar-refractivity contribution < 1.29 is 139 Å². The summed E-state index contributed by atoms with van der Waals surface area (Å²) >= 11 is 0. The molecule has 506 valence electrons. The summed E-state index contributed by atoms with van der Waals surface area (Å²) in [5.41, 5.74) is -2.18. The number of allylic oxidation sites excluding steroid dienone is 2. The number of hydrogen-bond acceptors (Lipinski definition) is 28. The fourth-order valence-electron chi connectivity index (χ4n) is 17.7. The number of aliphatic hydroxyl groups excluding tert-OH is 17. The molecule has 4 unspecified atom stereocenters. The van der Waals surface area contributed by atoms with Gasteiger partial charge in [-0.1, -0.05) is 60.1 Å². The molecule has 4 saturated carbocycles. The molecule has 17 N–H and O–H groups in total. The van der Waals surface area contributed by atoms with Crippen molar-refractivity contribution in [1.29, 1.82) is 0 Å². The van der Waals surface area contributed by atoms with Crippen LogP contribution in [0.25, 0.3) is 0 Å². The van der Waals surface area contributed by atoms with Gasteiger partial charge in [-0.05, 0) is 90.8 Å². The minimum absolute atomic E-state index is 0.0419. The van der Waals surface area contributed by atoms with Crippen LogP contribution in [0.3, 0.4) is 0 Å². The summed E-state index contributed by atoms with van der Waals surface area (Å²) < 4.78 is 60.0. The van der Waals surface area contributed by atoms with E-state index in [2.05, 4.69) is 54.5 Å². The Balaban J connectivity index is 0.880. The monoisotopic (exact) mass is 1270 g/mol. The number of carbonyl (C=O) groups excluding carboxylic acids is 1. The topological polar surface area (TPSA) is 453 Å². The molecular weight excluding hydrogens is 1170 g/mol. The standard InChI is InChI=1S/C60H98O28/c1-55(2)14-15-60(23-81-54-49(88-53-48(78)42(72)37(67)28(20-63)84-53)44(74)39(69)30(86-54)22-80-51-46(76)41(71)36(66)27(19-62)83-51)25(16-55)24-8-9-32-57(5)12-11-34(56(3,4)31(57)10-13-58(32,6)59(24,7)17-33(60)64)87-52-47(77)43(73)38(68)29(85-52)21-79-50-45(75)40(70)35(65)26(18-61)82-50/h8,25-32,34-54,61-63,65-78H,9-23H2,1-7H3/t25?,26-,27-,28-,29-,30-,31?,32?,34+,35-,36-,37-,38-,39-,40+,41+,42+,43+,44+,45-,46-,47-,48-,49-,50-,51-,52?,53-,54-,57+,58-,59-,60-/m1/s1. The van der Waals surface area contributed by atoms with E-state index >= 15 is 4.79 Å². The highest BCUT2D eigenvalue weighted by molar-refractivity contribution is 5.89. The Labute approximate surface area is 510 Å². The molecule has 10 rings (SSSR count). The van der Waals surface area contributed by atoms with Crippen LogP contribution < -0.4 is 0 Å². The maximum atomic E-state index is 15.8. The molecular formula is C60H98O28. The lowest BCUT2D eigenvalue weighted by Gasteiger charge is -2.71. The number of ketones is 1.